The van der Waals surface area contributed by atoms with Crippen molar-refractivity contribution in [2.75, 3.05) is 26.2 Å². The Balaban J connectivity index is 2.08. The second kappa shape index (κ2) is 5.98. The van der Waals surface area contributed by atoms with E-state index in [0.717, 1.165) is 32.5 Å². The van der Waals surface area contributed by atoms with Crippen LogP contribution in [0.25, 0.3) is 0 Å². The van der Waals surface area contributed by atoms with Gasteiger partial charge in [0.2, 0.25) is 11.7 Å². The highest BCUT2D eigenvalue weighted by Crippen LogP contribution is 2.25. The van der Waals surface area contributed by atoms with E-state index in [9.17, 15) is 0 Å². The summed E-state index contributed by atoms with van der Waals surface area (Å²) in [6.07, 6.45) is 1.69. The van der Waals surface area contributed by atoms with Gasteiger partial charge >= 0.3 is 0 Å². The van der Waals surface area contributed by atoms with Gasteiger partial charge in [-0.25, -0.2) is 0 Å². The Morgan fingerprint density at radius 1 is 1.47 bits per heavy atom. The number of nitrogens with two attached hydrogens (primary N) is 1. The molecule has 1 aromatic heterocycles. The molecule has 2 heterocycles. The molecule has 108 valence electrons. The highest BCUT2D eigenvalue weighted by Gasteiger charge is 2.31. The lowest BCUT2D eigenvalue weighted by Gasteiger charge is -2.30. The lowest BCUT2D eigenvalue weighted by Crippen LogP contribution is -2.38. The van der Waals surface area contributed by atoms with Gasteiger partial charge in [-0.3, -0.25) is 4.90 Å². The molecule has 19 heavy (non-hydrogen) atoms. The van der Waals surface area contributed by atoms with Crippen LogP contribution in [0.5, 0.6) is 0 Å². The fourth-order valence-electron chi connectivity index (χ4n) is 2.37. The Kier molecular flexibility index (Phi) is 4.54. The minimum absolute atomic E-state index is 0.108. The van der Waals surface area contributed by atoms with Gasteiger partial charge in [0.25, 0.3) is 0 Å². The molecule has 6 nitrogen and oxygen atoms in total. The van der Waals surface area contributed by atoms with Gasteiger partial charge in [-0.05, 0) is 19.9 Å². The van der Waals surface area contributed by atoms with E-state index in [-0.39, 0.29) is 6.10 Å². The van der Waals surface area contributed by atoms with Crippen molar-refractivity contribution in [2.24, 2.45) is 5.73 Å². The summed E-state index contributed by atoms with van der Waals surface area (Å²) in [4.78, 5) is 6.76. The van der Waals surface area contributed by atoms with E-state index in [4.69, 9.17) is 15.0 Å². The molecule has 0 spiro atoms. The summed E-state index contributed by atoms with van der Waals surface area (Å²) in [5.74, 6) is 1.11. The summed E-state index contributed by atoms with van der Waals surface area (Å²) < 4.78 is 11.0. The van der Waals surface area contributed by atoms with E-state index >= 15 is 0 Å². The van der Waals surface area contributed by atoms with Gasteiger partial charge in [0.05, 0.1) is 12.1 Å². The average Bonchev–Trinajstić information content (AvgIpc) is 2.89. The summed E-state index contributed by atoms with van der Waals surface area (Å²) in [6.45, 7) is 9.64. The monoisotopic (exact) mass is 268 g/mol. The smallest absolute Gasteiger partial charge is 0.246 e. The van der Waals surface area contributed by atoms with Crippen molar-refractivity contribution in [3.05, 3.63) is 11.7 Å². The fourth-order valence-corrected chi connectivity index (χ4v) is 2.37. The zero-order valence-electron chi connectivity index (χ0n) is 12.1. The first kappa shape index (κ1) is 14.4. The molecule has 1 saturated heterocycles. The van der Waals surface area contributed by atoms with Crippen molar-refractivity contribution in [3.63, 3.8) is 0 Å². The second-order valence-electron chi connectivity index (χ2n) is 5.38. The van der Waals surface area contributed by atoms with Crippen LogP contribution in [0.1, 0.15) is 51.4 Å². The topological polar surface area (TPSA) is 77.4 Å². The van der Waals surface area contributed by atoms with Gasteiger partial charge in [0.1, 0.15) is 6.10 Å². The SMILES string of the molecule is CCCC(C)(N)c1nc(C2CN(CC)CCO2)no1. The molecule has 2 rings (SSSR count). The third-order valence-corrected chi connectivity index (χ3v) is 3.59. The van der Waals surface area contributed by atoms with E-state index in [1.54, 1.807) is 0 Å². The van der Waals surface area contributed by atoms with E-state index < -0.39 is 5.54 Å². The van der Waals surface area contributed by atoms with Gasteiger partial charge in [-0.15, -0.1) is 0 Å². The summed E-state index contributed by atoms with van der Waals surface area (Å²) in [5.41, 5.74) is 5.64. The highest BCUT2D eigenvalue weighted by molar-refractivity contribution is 5.02. The number of nitrogens with zero attached hydrogens (tertiary/aromatic N) is 3. The largest absolute Gasteiger partial charge is 0.367 e. The maximum absolute atomic E-state index is 6.20. The van der Waals surface area contributed by atoms with Crippen molar-refractivity contribution in [1.82, 2.24) is 15.0 Å². The number of aromatic nitrogens is 2. The zero-order valence-corrected chi connectivity index (χ0v) is 12.1. The van der Waals surface area contributed by atoms with Gasteiger partial charge in [0.15, 0.2) is 0 Å². The van der Waals surface area contributed by atoms with Gasteiger partial charge in [-0.1, -0.05) is 25.4 Å². The van der Waals surface area contributed by atoms with Crippen molar-refractivity contribution < 1.29 is 9.26 Å². The Morgan fingerprint density at radius 2 is 2.26 bits per heavy atom. The summed E-state index contributed by atoms with van der Waals surface area (Å²) >= 11 is 0. The molecule has 0 saturated carbocycles. The lowest BCUT2D eigenvalue weighted by atomic mass is 9.98. The lowest BCUT2D eigenvalue weighted by molar-refractivity contribution is -0.0334. The Morgan fingerprint density at radius 3 is 2.95 bits per heavy atom. The van der Waals surface area contributed by atoms with Crippen LogP contribution < -0.4 is 5.73 Å². The zero-order chi connectivity index (χ0) is 13.9. The molecular weight excluding hydrogens is 244 g/mol. The molecule has 2 unspecified atom stereocenters. The van der Waals surface area contributed by atoms with Crippen LogP contribution in [0, 0.1) is 0 Å². The standard InChI is InChI=1S/C13H24N4O2/c1-4-6-13(3,14)12-15-11(16-19-12)10-9-17(5-2)7-8-18-10/h10H,4-9,14H2,1-3H3. The molecule has 2 atom stereocenters. The summed E-state index contributed by atoms with van der Waals surface area (Å²) in [5, 5.41) is 4.04. The maximum atomic E-state index is 6.20. The van der Waals surface area contributed by atoms with Gasteiger partial charge in [-0.2, -0.15) is 4.98 Å². The third kappa shape index (κ3) is 3.32. The third-order valence-electron chi connectivity index (χ3n) is 3.59. The molecular formula is C13H24N4O2. The number of rotatable bonds is 5. The van der Waals surface area contributed by atoms with Crippen LogP contribution in [-0.4, -0.2) is 41.3 Å². The first-order valence-corrected chi connectivity index (χ1v) is 7.03. The molecule has 1 aromatic rings. The molecule has 0 radical (unpaired) electrons. The highest BCUT2D eigenvalue weighted by atomic mass is 16.5. The van der Waals surface area contributed by atoms with E-state index in [1.165, 1.54) is 0 Å². The van der Waals surface area contributed by atoms with Crippen LogP contribution >= 0.6 is 0 Å². The molecule has 0 amide bonds. The first-order valence-electron chi connectivity index (χ1n) is 7.03. The molecule has 6 heteroatoms. The predicted molar refractivity (Wildman–Crippen MR) is 71.6 cm³/mol. The number of hydrogen-bond acceptors (Lipinski definition) is 6. The van der Waals surface area contributed by atoms with Crippen molar-refractivity contribution in [2.45, 2.75) is 45.3 Å². The molecule has 0 aliphatic carbocycles. The van der Waals surface area contributed by atoms with E-state index in [0.29, 0.717) is 18.3 Å². The van der Waals surface area contributed by atoms with Crippen LogP contribution in [0.3, 0.4) is 0 Å². The molecule has 0 aromatic carbocycles. The number of hydrogen-bond donors (Lipinski definition) is 1. The fraction of sp³-hybridized carbons (Fsp3) is 0.846. The molecule has 0 bridgehead atoms. The normalized spacial score (nSPS) is 24.3. The van der Waals surface area contributed by atoms with Crippen LogP contribution in [0.2, 0.25) is 0 Å². The maximum Gasteiger partial charge on any atom is 0.246 e. The van der Waals surface area contributed by atoms with Gasteiger partial charge in [0, 0.05) is 13.1 Å². The molecule has 1 fully saturated rings. The number of morpholine rings is 1. The minimum atomic E-state index is -0.556. The summed E-state index contributed by atoms with van der Waals surface area (Å²) in [6, 6.07) is 0. The molecule has 1 aliphatic rings. The van der Waals surface area contributed by atoms with Crippen LogP contribution in [0.4, 0.5) is 0 Å². The van der Waals surface area contributed by atoms with Crippen molar-refractivity contribution >= 4 is 0 Å². The van der Waals surface area contributed by atoms with Gasteiger partial charge < -0.3 is 15.0 Å². The Bertz CT molecular complexity index is 405. The van der Waals surface area contributed by atoms with Crippen LogP contribution in [0.15, 0.2) is 4.52 Å². The predicted octanol–water partition coefficient (Wildman–Crippen LogP) is 1.44. The Labute approximate surface area is 114 Å². The Hall–Kier alpha value is -0.980. The molecule has 2 N–H and O–H groups in total. The summed E-state index contributed by atoms with van der Waals surface area (Å²) in [7, 11) is 0. The first-order chi connectivity index (χ1) is 9.06. The number of likely N-dealkylation sites (N-methyl/N-ethyl adjacent to an activating group) is 1. The van der Waals surface area contributed by atoms with Crippen molar-refractivity contribution in [1.29, 1.82) is 0 Å². The average molecular weight is 268 g/mol. The van der Waals surface area contributed by atoms with Crippen LogP contribution in [-0.2, 0) is 10.3 Å². The molecule has 1 aliphatic heterocycles. The number of ether oxygens (including phenoxy) is 1. The quantitative estimate of drug-likeness (QED) is 0.870. The van der Waals surface area contributed by atoms with E-state index in [1.807, 2.05) is 6.92 Å². The second-order valence-corrected chi connectivity index (χ2v) is 5.38. The van der Waals surface area contributed by atoms with Crippen molar-refractivity contribution in [3.8, 4) is 0 Å². The van der Waals surface area contributed by atoms with E-state index in [2.05, 4.69) is 28.9 Å². The minimum Gasteiger partial charge on any atom is -0.367 e.